The molecule has 0 aliphatic rings. The smallest absolute Gasteiger partial charge is 0.310 e. The molecule has 0 N–H and O–H groups in total. The molecular weight excluding hydrogens is 225 g/mol. The molecule has 0 aromatic heterocycles. The highest BCUT2D eigenvalue weighted by atomic mass is 19.1. The van der Waals surface area contributed by atoms with Crippen LogP contribution in [0.1, 0.15) is 28.4 Å². The molecule has 0 saturated carbocycles. The van der Waals surface area contributed by atoms with Gasteiger partial charge in [-0.1, -0.05) is 0 Å². The molecule has 0 aliphatic heterocycles. The zero-order chi connectivity index (χ0) is 12.8. The van der Waals surface area contributed by atoms with Gasteiger partial charge in [-0.05, 0) is 24.6 Å². The molecule has 0 unspecified atom stereocenters. The first-order valence-corrected chi connectivity index (χ1v) is 4.95. The van der Waals surface area contributed by atoms with Crippen LogP contribution in [0.15, 0.2) is 12.1 Å². The second-order valence-corrected chi connectivity index (χ2v) is 3.25. The quantitative estimate of drug-likeness (QED) is 0.587. The van der Waals surface area contributed by atoms with Gasteiger partial charge in [0.1, 0.15) is 5.82 Å². The number of esters is 1. The molecule has 0 atom stereocenters. The molecule has 0 fully saturated rings. The molecule has 4 nitrogen and oxygen atoms in total. The molecule has 0 amide bonds. The molecule has 88 valence electrons. The van der Waals surface area contributed by atoms with Gasteiger partial charge in [-0.15, -0.1) is 0 Å². The summed E-state index contributed by atoms with van der Waals surface area (Å²) in [6.07, 6.45) is 0.153. The minimum Gasteiger partial charge on any atom is -0.466 e. The Kier molecular flexibility index (Phi) is 4.35. The van der Waals surface area contributed by atoms with Gasteiger partial charge < -0.3 is 4.74 Å². The van der Waals surface area contributed by atoms with Crippen molar-refractivity contribution in [3.05, 3.63) is 34.6 Å². The maximum Gasteiger partial charge on any atom is 0.310 e. The van der Waals surface area contributed by atoms with Crippen molar-refractivity contribution in [3.8, 4) is 6.07 Å². The number of carbonyl (C=O) groups is 2. The molecule has 1 rings (SSSR count). The predicted octanol–water partition coefficient (Wildman–Crippen LogP) is 1.62. The molecule has 0 bridgehead atoms. The molecule has 17 heavy (non-hydrogen) atoms. The van der Waals surface area contributed by atoms with Gasteiger partial charge in [-0.3, -0.25) is 9.59 Å². The second-order valence-electron chi connectivity index (χ2n) is 3.25. The van der Waals surface area contributed by atoms with Crippen molar-refractivity contribution in [3.63, 3.8) is 0 Å². The van der Waals surface area contributed by atoms with Gasteiger partial charge >= 0.3 is 5.97 Å². The average molecular weight is 235 g/mol. The fraction of sp³-hybridized carbons (Fsp3) is 0.250. The lowest BCUT2D eigenvalue weighted by molar-refractivity contribution is -0.142. The summed E-state index contributed by atoms with van der Waals surface area (Å²) in [5.74, 6) is -1.31. The Bertz CT molecular complexity index is 491. The van der Waals surface area contributed by atoms with Crippen molar-refractivity contribution < 1.29 is 18.7 Å². The third kappa shape index (κ3) is 3.11. The first-order chi connectivity index (χ1) is 8.12. The monoisotopic (exact) mass is 235 g/mol. The van der Waals surface area contributed by atoms with Crippen molar-refractivity contribution in [2.24, 2.45) is 0 Å². The molecule has 0 heterocycles. The fourth-order valence-corrected chi connectivity index (χ4v) is 1.37. The standard InChI is InChI=1S/C12H10FNO3/c1-2-17-12(16)5-8-3-9(6-14)10(7-15)11(13)4-8/h3-4,7H,2,5H2,1H3. The van der Waals surface area contributed by atoms with Crippen LogP contribution in [0.25, 0.3) is 0 Å². The molecule has 0 spiro atoms. The third-order valence-corrected chi connectivity index (χ3v) is 2.08. The van der Waals surface area contributed by atoms with Gasteiger partial charge in [0.15, 0.2) is 6.29 Å². The van der Waals surface area contributed by atoms with Gasteiger partial charge in [-0.25, -0.2) is 4.39 Å². The Labute approximate surface area is 97.6 Å². The van der Waals surface area contributed by atoms with Crippen molar-refractivity contribution in [2.75, 3.05) is 6.61 Å². The van der Waals surface area contributed by atoms with Gasteiger partial charge in [0.2, 0.25) is 0 Å². The van der Waals surface area contributed by atoms with E-state index >= 15 is 0 Å². The number of benzene rings is 1. The number of nitrogens with zero attached hydrogens (tertiary/aromatic N) is 1. The number of nitriles is 1. The number of aldehydes is 1. The molecule has 0 radical (unpaired) electrons. The second kappa shape index (κ2) is 5.75. The van der Waals surface area contributed by atoms with Crippen LogP contribution in [0.5, 0.6) is 0 Å². The maximum atomic E-state index is 13.4. The van der Waals surface area contributed by atoms with Gasteiger partial charge in [0.05, 0.1) is 30.2 Å². The van der Waals surface area contributed by atoms with E-state index in [1.807, 2.05) is 0 Å². The highest BCUT2D eigenvalue weighted by Gasteiger charge is 2.12. The van der Waals surface area contributed by atoms with E-state index < -0.39 is 11.8 Å². The first-order valence-electron chi connectivity index (χ1n) is 4.95. The highest BCUT2D eigenvalue weighted by Crippen LogP contribution is 2.15. The number of carbonyl (C=O) groups excluding carboxylic acids is 2. The predicted molar refractivity (Wildman–Crippen MR) is 56.8 cm³/mol. The summed E-state index contributed by atoms with van der Waals surface area (Å²) in [5.41, 5.74) is -0.0671. The summed E-state index contributed by atoms with van der Waals surface area (Å²) in [5, 5.41) is 8.74. The van der Waals surface area contributed by atoms with E-state index in [9.17, 15) is 14.0 Å². The van der Waals surface area contributed by atoms with Crippen LogP contribution < -0.4 is 0 Å². The number of ether oxygens (including phenoxy) is 1. The van der Waals surface area contributed by atoms with Crippen LogP contribution in [0.2, 0.25) is 0 Å². The van der Waals surface area contributed by atoms with E-state index in [1.54, 1.807) is 13.0 Å². The zero-order valence-corrected chi connectivity index (χ0v) is 9.20. The summed E-state index contributed by atoms with van der Waals surface area (Å²) < 4.78 is 18.1. The zero-order valence-electron chi connectivity index (χ0n) is 9.20. The van der Waals surface area contributed by atoms with Crippen LogP contribution in [0.3, 0.4) is 0 Å². The van der Waals surface area contributed by atoms with Crippen LogP contribution in [0, 0.1) is 17.1 Å². The molecular formula is C12H10FNO3. The van der Waals surface area contributed by atoms with E-state index in [1.165, 1.54) is 6.07 Å². The van der Waals surface area contributed by atoms with Gasteiger partial charge in [-0.2, -0.15) is 5.26 Å². The molecule has 1 aromatic rings. The summed E-state index contributed by atoms with van der Waals surface area (Å²) in [6.45, 7) is 1.90. The van der Waals surface area contributed by atoms with Crippen molar-refractivity contribution in [1.29, 1.82) is 5.26 Å². The first kappa shape index (κ1) is 12.8. The Morgan fingerprint density at radius 3 is 2.82 bits per heavy atom. The lowest BCUT2D eigenvalue weighted by atomic mass is 10.0. The maximum absolute atomic E-state index is 13.4. The van der Waals surface area contributed by atoms with Crippen LogP contribution in [0.4, 0.5) is 4.39 Å². The van der Waals surface area contributed by atoms with E-state index in [-0.39, 0.29) is 30.4 Å². The number of rotatable bonds is 4. The molecule has 1 aromatic carbocycles. The lowest BCUT2D eigenvalue weighted by Gasteiger charge is -2.04. The van der Waals surface area contributed by atoms with Crippen molar-refractivity contribution in [1.82, 2.24) is 0 Å². The number of hydrogen-bond donors (Lipinski definition) is 0. The topological polar surface area (TPSA) is 67.2 Å². The Balaban J connectivity index is 3.04. The number of halogens is 1. The van der Waals surface area contributed by atoms with Crippen molar-refractivity contribution in [2.45, 2.75) is 13.3 Å². The summed E-state index contributed by atoms with van der Waals surface area (Å²) >= 11 is 0. The van der Waals surface area contributed by atoms with E-state index in [0.717, 1.165) is 6.07 Å². The van der Waals surface area contributed by atoms with Crippen LogP contribution in [-0.2, 0) is 16.0 Å². The van der Waals surface area contributed by atoms with Gasteiger partial charge in [0.25, 0.3) is 0 Å². The average Bonchev–Trinajstić information content (AvgIpc) is 2.28. The minimum absolute atomic E-state index is 0.0840. The molecule has 0 aliphatic carbocycles. The van der Waals surface area contributed by atoms with Crippen LogP contribution in [-0.4, -0.2) is 18.9 Å². The SMILES string of the molecule is CCOC(=O)Cc1cc(F)c(C=O)c(C#N)c1. The number of hydrogen-bond acceptors (Lipinski definition) is 4. The molecule has 5 heteroatoms. The van der Waals surface area contributed by atoms with E-state index in [4.69, 9.17) is 10.00 Å². The summed E-state index contributed by atoms with van der Waals surface area (Å²) in [4.78, 5) is 21.7. The fourth-order valence-electron chi connectivity index (χ4n) is 1.37. The molecule has 0 saturated heterocycles. The Morgan fingerprint density at radius 2 is 2.29 bits per heavy atom. The summed E-state index contributed by atoms with van der Waals surface area (Å²) in [7, 11) is 0. The summed E-state index contributed by atoms with van der Waals surface area (Å²) in [6, 6.07) is 4.08. The third-order valence-electron chi connectivity index (χ3n) is 2.08. The largest absolute Gasteiger partial charge is 0.466 e. The Hall–Kier alpha value is -2.22. The van der Waals surface area contributed by atoms with Crippen molar-refractivity contribution >= 4 is 12.3 Å². The van der Waals surface area contributed by atoms with Gasteiger partial charge in [0, 0.05) is 0 Å². The lowest BCUT2D eigenvalue weighted by Crippen LogP contribution is -2.08. The van der Waals surface area contributed by atoms with Crippen LogP contribution >= 0.6 is 0 Å². The highest BCUT2D eigenvalue weighted by molar-refractivity contribution is 5.80. The van der Waals surface area contributed by atoms with E-state index in [0.29, 0.717) is 5.56 Å². The Morgan fingerprint density at radius 1 is 1.59 bits per heavy atom. The normalized spacial score (nSPS) is 9.47. The minimum atomic E-state index is -0.807. The van der Waals surface area contributed by atoms with E-state index in [2.05, 4.69) is 0 Å².